The number of pyridine rings is 1. The molecule has 0 amide bonds. The number of aromatic nitrogens is 1. The summed E-state index contributed by atoms with van der Waals surface area (Å²) in [6.07, 6.45) is 0. The lowest BCUT2D eigenvalue weighted by molar-refractivity contribution is 0.464. The number of anilines is 1. The SMILES string of the molecule is Cc1ccc(O)c(CNc2ccccc2)n1. The Morgan fingerprint density at radius 1 is 1.12 bits per heavy atom. The Kier molecular flexibility index (Phi) is 3.05. The number of aryl methyl sites for hydroxylation is 1. The van der Waals surface area contributed by atoms with Crippen LogP contribution >= 0.6 is 0 Å². The lowest BCUT2D eigenvalue weighted by Gasteiger charge is -2.07. The van der Waals surface area contributed by atoms with E-state index in [1.165, 1.54) is 0 Å². The average molecular weight is 214 g/mol. The van der Waals surface area contributed by atoms with Crippen molar-refractivity contribution in [2.24, 2.45) is 0 Å². The molecule has 0 aliphatic carbocycles. The maximum atomic E-state index is 9.61. The van der Waals surface area contributed by atoms with Gasteiger partial charge in [0.25, 0.3) is 0 Å². The van der Waals surface area contributed by atoms with Crippen LogP contribution in [0.15, 0.2) is 42.5 Å². The molecule has 3 nitrogen and oxygen atoms in total. The van der Waals surface area contributed by atoms with Crippen molar-refractivity contribution in [3.8, 4) is 5.75 Å². The van der Waals surface area contributed by atoms with Crippen LogP contribution < -0.4 is 5.32 Å². The molecule has 0 aliphatic heterocycles. The van der Waals surface area contributed by atoms with Crippen molar-refractivity contribution < 1.29 is 5.11 Å². The fourth-order valence-corrected chi connectivity index (χ4v) is 1.48. The average Bonchev–Trinajstić information content (AvgIpc) is 2.32. The minimum atomic E-state index is 0.231. The van der Waals surface area contributed by atoms with Gasteiger partial charge in [0.1, 0.15) is 11.4 Å². The molecule has 0 aliphatic rings. The van der Waals surface area contributed by atoms with Crippen LogP contribution in [-0.2, 0) is 6.54 Å². The number of rotatable bonds is 3. The Hall–Kier alpha value is -2.03. The predicted molar refractivity (Wildman–Crippen MR) is 64.4 cm³/mol. The van der Waals surface area contributed by atoms with Gasteiger partial charge in [0.2, 0.25) is 0 Å². The summed E-state index contributed by atoms with van der Waals surface area (Å²) in [7, 11) is 0. The summed E-state index contributed by atoms with van der Waals surface area (Å²) in [5.41, 5.74) is 2.59. The van der Waals surface area contributed by atoms with E-state index in [9.17, 15) is 5.11 Å². The van der Waals surface area contributed by atoms with Crippen molar-refractivity contribution in [3.05, 3.63) is 53.9 Å². The van der Waals surface area contributed by atoms with Gasteiger partial charge in [-0.1, -0.05) is 18.2 Å². The number of hydrogen-bond acceptors (Lipinski definition) is 3. The second-order valence-corrected chi connectivity index (χ2v) is 3.64. The van der Waals surface area contributed by atoms with E-state index in [-0.39, 0.29) is 5.75 Å². The molecule has 0 atom stereocenters. The number of aromatic hydroxyl groups is 1. The Balaban J connectivity index is 2.08. The number of para-hydroxylation sites is 1. The minimum Gasteiger partial charge on any atom is -0.506 e. The smallest absolute Gasteiger partial charge is 0.138 e. The largest absolute Gasteiger partial charge is 0.506 e. The molecule has 0 saturated carbocycles. The van der Waals surface area contributed by atoms with Crippen LogP contribution in [0.4, 0.5) is 5.69 Å². The topological polar surface area (TPSA) is 45.1 Å². The zero-order valence-electron chi connectivity index (χ0n) is 9.14. The van der Waals surface area contributed by atoms with E-state index < -0.39 is 0 Å². The molecule has 2 rings (SSSR count). The summed E-state index contributed by atoms with van der Waals surface area (Å²) in [4.78, 5) is 4.28. The summed E-state index contributed by atoms with van der Waals surface area (Å²) in [5.74, 6) is 0.231. The van der Waals surface area contributed by atoms with Crippen LogP contribution in [0.25, 0.3) is 0 Å². The Morgan fingerprint density at radius 2 is 1.88 bits per heavy atom. The van der Waals surface area contributed by atoms with E-state index in [2.05, 4.69) is 10.3 Å². The van der Waals surface area contributed by atoms with E-state index >= 15 is 0 Å². The molecule has 2 aromatic rings. The molecule has 16 heavy (non-hydrogen) atoms. The number of nitrogens with zero attached hydrogens (tertiary/aromatic N) is 1. The standard InChI is InChI=1S/C13H14N2O/c1-10-7-8-13(16)12(15-10)9-14-11-5-3-2-4-6-11/h2-8,14,16H,9H2,1H3. The lowest BCUT2D eigenvalue weighted by atomic mass is 10.2. The highest BCUT2D eigenvalue weighted by atomic mass is 16.3. The molecule has 1 heterocycles. The third-order valence-electron chi connectivity index (χ3n) is 2.32. The van der Waals surface area contributed by atoms with Gasteiger partial charge in [-0.25, -0.2) is 0 Å². The first-order valence-corrected chi connectivity index (χ1v) is 5.20. The van der Waals surface area contributed by atoms with Crippen LogP contribution in [0.5, 0.6) is 5.75 Å². The van der Waals surface area contributed by atoms with Gasteiger partial charge in [0.15, 0.2) is 0 Å². The zero-order chi connectivity index (χ0) is 11.4. The van der Waals surface area contributed by atoms with Crippen LogP contribution in [-0.4, -0.2) is 10.1 Å². The first-order chi connectivity index (χ1) is 7.75. The van der Waals surface area contributed by atoms with E-state index in [0.29, 0.717) is 12.2 Å². The molecule has 0 saturated heterocycles. The van der Waals surface area contributed by atoms with Crippen molar-refractivity contribution in [2.75, 3.05) is 5.32 Å². The summed E-state index contributed by atoms with van der Waals surface area (Å²) in [6, 6.07) is 13.3. The van der Waals surface area contributed by atoms with Crippen LogP contribution in [0.2, 0.25) is 0 Å². The normalized spacial score (nSPS) is 10.1. The molecular formula is C13H14N2O. The van der Waals surface area contributed by atoms with Crippen LogP contribution in [0.3, 0.4) is 0 Å². The maximum absolute atomic E-state index is 9.61. The fraction of sp³-hybridized carbons (Fsp3) is 0.154. The van der Waals surface area contributed by atoms with Crippen LogP contribution in [0.1, 0.15) is 11.4 Å². The predicted octanol–water partition coefficient (Wildman–Crippen LogP) is 2.71. The van der Waals surface area contributed by atoms with E-state index in [1.807, 2.05) is 37.3 Å². The third kappa shape index (κ3) is 2.51. The number of nitrogens with one attached hydrogen (secondary N) is 1. The van der Waals surface area contributed by atoms with Crippen molar-refractivity contribution >= 4 is 5.69 Å². The highest BCUT2D eigenvalue weighted by Gasteiger charge is 2.02. The van der Waals surface area contributed by atoms with E-state index in [0.717, 1.165) is 11.4 Å². The molecule has 82 valence electrons. The third-order valence-corrected chi connectivity index (χ3v) is 2.32. The second kappa shape index (κ2) is 4.66. The molecule has 0 bridgehead atoms. The molecule has 3 heteroatoms. The molecule has 0 fully saturated rings. The number of benzene rings is 1. The summed E-state index contributed by atoms with van der Waals surface area (Å²) < 4.78 is 0. The van der Waals surface area contributed by atoms with Gasteiger partial charge in [-0.15, -0.1) is 0 Å². The summed E-state index contributed by atoms with van der Waals surface area (Å²) >= 11 is 0. The van der Waals surface area contributed by atoms with Crippen molar-refractivity contribution in [1.29, 1.82) is 0 Å². The van der Waals surface area contributed by atoms with Gasteiger partial charge in [-0.2, -0.15) is 0 Å². The molecule has 1 aromatic carbocycles. The Labute approximate surface area is 94.8 Å². The Bertz CT molecular complexity index is 469. The second-order valence-electron chi connectivity index (χ2n) is 3.64. The molecule has 0 radical (unpaired) electrons. The summed E-state index contributed by atoms with van der Waals surface area (Å²) in [6.45, 7) is 2.43. The van der Waals surface area contributed by atoms with Gasteiger partial charge in [0, 0.05) is 11.4 Å². The van der Waals surface area contributed by atoms with Gasteiger partial charge in [-0.05, 0) is 31.2 Å². The van der Waals surface area contributed by atoms with E-state index in [1.54, 1.807) is 12.1 Å². The monoisotopic (exact) mass is 214 g/mol. The quantitative estimate of drug-likeness (QED) is 0.825. The van der Waals surface area contributed by atoms with Gasteiger partial charge >= 0.3 is 0 Å². The maximum Gasteiger partial charge on any atom is 0.138 e. The lowest BCUT2D eigenvalue weighted by Crippen LogP contribution is -2.02. The first kappa shape index (κ1) is 10.5. The van der Waals surface area contributed by atoms with E-state index in [4.69, 9.17) is 0 Å². The summed E-state index contributed by atoms with van der Waals surface area (Å²) in [5, 5.41) is 12.8. The molecule has 0 spiro atoms. The van der Waals surface area contributed by atoms with Crippen LogP contribution in [0, 0.1) is 6.92 Å². The molecule has 1 aromatic heterocycles. The van der Waals surface area contributed by atoms with Crippen molar-refractivity contribution in [1.82, 2.24) is 4.98 Å². The van der Waals surface area contributed by atoms with Crippen molar-refractivity contribution in [2.45, 2.75) is 13.5 Å². The Morgan fingerprint density at radius 3 is 2.62 bits per heavy atom. The minimum absolute atomic E-state index is 0.231. The molecular weight excluding hydrogens is 200 g/mol. The van der Waals surface area contributed by atoms with Gasteiger partial charge < -0.3 is 10.4 Å². The van der Waals surface area contributed by atoms with Gasteiger partial charge in [-0.3, -0.25) is 4.98 Å². The molecule has 0 unspecified atom stereocenters. The fourth-order valence-electron chi connectivity index (χ4n) is 1.48. The molecule has 2 N–H and O–H groups in total. The number of hydrogen-bond donors (Lipinski definition) is 2. The first-order valence-electron chi connectivity index (χ1n) is 5.20. The van der Waals surface area contributed by atoms with Crippen molar-refractivity contribution in [3.63, 3.8) is 0 Å². The highest BCUT2D eigenvalue weighted by Crippen LogP contribution is 2.16. The zero-order valence-corrected chi connectivity index (χ0v) is 9.14. The highest BCUT2D eigenvalue weighted by molar-refractivity contribution is 5.43. The van der Waals surface area contributed by atoms with Gasteiger partial charge in [0.05, 0.1) is 6.54 Å².